The lowest BCUT2D eigenvalue weighted by Crippen LogP contribution is -2.33. The van der Waals surface area contributed by atoms with Crippen molar-refractivity contribution in [2.45, 2.75) is 31.8 Å². The molecule has 6 heteroatoms. The summed E-state index contributed by atoms with van der Waals surface area (Å²) in [4.78, 5) is 12.4. The number of amides is 1. The van der Waals surface area contributed by atoms with Crippen LogP contribution in [-0.2, 0) is 23.0 Å². The molecule has 1 aliphatic heterocycles. The van der Waals surface area contributed by atoms with Crippen molar-refractivity contribution < 1.29 is 13.2 Å². The van der Waals surface area contributed by atoms with Crippen molar-refractivity contribution in [3.8, 4) is 0 Å². The Morgan fingerprint density at radius 3 is 2.62 bits per heavy atom. The molecule has 1 unspecified atom stereocenters. The largest absolute Gasteiger partial charge is 0.306 e. The average Bonchev–Trinajstić information content (AvgIpc) is 3.33. The van der Waals surface area contributed by atoms with E-state index >= 15 is 0 Å². The van der Waals surface area contributed by atoms with Crippen LogP contribution in [0.3, 0.4) is 0 Å². The Morgan fingerprint density at radius 1 is 1.12 bits per heavy atom. The van der Waals surface area contributed by atoms with Crippen LogP contribution in [0.25, 0.3) is 0 Å². The highest BCUT2D eigenvalue weighted by Gasteiger charge is 2.30. The molecule has 136 valence electrons. The van der Waals surface area contributed by atoms with Gasteiger partial charge in [-0.2, -0.15) is 0 Å². The number of hydrogen-bond donors (Lipinski definition) is 2. The van der Waals surface area contributed by atoms with Gasteiger partial charge in [-0.25, -0.2) is 13.1 Å². The number of fused-ring (bicyclic) bond motifs is 1. The molecular weight excluding hydrogens is 348 g/mol. The second-order valence-electron chi connectivity index (χ2n) is 7.19. The first-order chi connectivity index (χ1) is 12.5. The van der Waals surface area contributed by atoms with Gasteiger partial charge in [-0.3, -0.25) is 4.79 Å². The molecule has 1 saturated carbocycles. The van der Waals surface area contributed by atoms with Gasteiger partial charge in [0.2, 0.25) is 10.0 Å². The molecule has 26 heavy (non-hydrogen) atoms. The highest BCUT2D eigenvalue weighted by atomic mass is 32.2. The fourth-order valence-electron chi connectivity index (χ4n) is 3.43. The summed E-state index contributed by atoms with van der Waals surface area (Å²) in [7, 11) is -3.56. The Bertz CT molecular complexity index is 921. The van der Waals surface area contributed by atoms with Gasteiger partial charge in [-0.1, -0.05) is 36.4 Å². The summed E-state index contributed by atoms with van der Waals surface area (Å²) < 4.78 is 26.3. The first-order valence-electron chi connectivity index (χ1n) is 8.95. The average molecular weight is 370 g/mol. The standard InChI is InChI=1S/C20H22N2O3S/c23-20(22-26(24,25)13-15-6-7-15)16-8-9-17-12-21-19(18(17)11-16)10-14-4-2-1-3-5-14/h1-5,8-9,11,15,19,21H,6-7,10,12-13H2,(H,22,23). The molecule has 1 amide bonds. The van der Waals surface area contributed by atoms with Gasteiger partial charge < -0.3 is 5.32 Å². The van der Waals surface area contributed by atoms with E-state index in [1.165, 1.54) is 5.56 Å². The zero-order chi connectivity index (χ0) is 18.1. The second kappa shape index (κ2) is 6.85. The molecule has 2 aromatic carbocycles. The third-order valence-corrected chi connectivity index (χ3v) is 6.41. The molecule has 1 aliphatic carbocycles. The summed E-state index contributed by atoms with van der Waals surface area (Å²) in [6.07, 6.45) is 2.69. The molecule has 1 fully saturated rings. The second-order valence-corrected chi connectivity index (χ2v) is 8.96. The van der Waals surface area contributed by atoms with E-state index in [-0.39, 0.29) is 17.7 Å². The molecule has 2 aromatic rings. The van der Waals surface area contributed by atoms with Crippen LogP contribution in [0.1, 0.15) is 45.9 Å². The highest BCUT2D eigenvalue weighted by molar-refractivity contribution is 7.90. The van der Waals surface area contributed by atoms with Gasteiger partial charge in [0.15, 0.2) is 0 Å². The Balaban J connectivity index is 1.50. The van der Waals surface area contributed by atoms with E-state index in [0.29, 0.717) is 5.56 Å². The van der Waals surface area contributed by atoms with Crippen LogP contribution in [0, 0.1) is 5.92 Å². The van der Waals surface area contributed by atoms with Gasteiger partial charge >= 0.3 is 0 Å². The van der Waals surface area contributed by atoms with Crippen molar-refractivity contribution in [2.75, 3.05) is 5.75 Å². The maximum atomic E-state index is 12.4. The number of carbonyl (C=O) groups is 1. The van der Waals surface area contributed by atoms with Crippen LogP contribution in [0.15, 0.2) is 48.5 Å². The van der Waals surface area contributed by atoms with Gasteiger partial charge in [0.1, 0.15) is 0 Å². The lowest BCUT2D eigenvalue weighted by Gasteiger charge is -2.13. The molecule has 0 bridgehead atoms. The first kappa shape index (κ1) is 17.2. The number of carbonyl (C=O) groups excluding carboxylic acids is 1. The van der Waals surface area contributed by atoms with Crippen molar-refractivity contribution >= 4 is 15.9 Å². The Hall–Kier alpha value is -2.18. The Labute approximate surface area is 153 Å². The molecule has 0 spiro atoms. The number of benzene rings is 2. The van der Waals surface area contributed by atoms with Crippen molar-refractivity contribution in [1.29, 1.82) is 0 Å². The van der Waals surface area contributed by atoms with Crippen LogP contribution >= 0.6 is 0 Å². The van der Waals surface area contributed by atoms with Crippen LogP contribution in [0.5, 0.6) is 0 Å². The molecule has 5 nitrogen and oxygen atoms in total. The summed E-state index contributed by atoms with van der Waals surface area (Å²) in [5, 5.41) is 3.47. The van der Waals surface area contributed by atoms with Crippen molar-refractivity contribution in [3.05, 3.63) is 70.8 Å². The van der Waals surface area contributed by atoms with E-state index in [1.807, 2.05) is 30.3 Å². The fourth-order valence-corrected chi connectivity index (χ4v) is 4.87. The van der Waals surface area contributed by atoms with Crippen LogP contribution in [-0.4, -0.2) is 20.1 Å². The van der Waals surface area contributed by atoms with Crippen LogP contribution in [0.4, 0.5) is 0 Å². The fraction of sp³-hybridized carbons (Fsp3) is 0.350. The maximum absolute atomic E-state index is 12.4. The Kier molecular flexibility index (Phi) is 4.54. The molecule has 4 rings (SSSR count). The van der Waals surface area contributed by atoms with E-state index in [9.17, 15) is 13.2 Å². The molecule has 1 heterocycles. The number of nitrogens with one attached hydrogen (secondary N) is 2. The zero-order valence-electron chi connectivity index (χ0n) is 14.4. The van der Waals surface area contributed by atoms with Crippen LogP contribution < -0.4 is 10.0 Å². The summed E-state index contributed by atoms with van der Waals surface area (Å²) >= 11 is 0. The molecule has 2 N–H and O–H groups in total. The van der Waals surface area contributed by atoms with Crippen molar-refractivity contribution in [3.63, 3.8) is 0 Å². The number of rotatable bonds is 6. The summed E-state index contributed by atoms with van der Waals surface area (Å²) in [5.74, 6) is -0.291. The Morgan fingerprint density at radius 2 is 1.88 bits per heavy atom. The molecular formula is C20H22N2O3S. The van der Waals surface area contributed by atoms with Gasteiger partial charge in [-0.05, 0) is 54.0 Å². The predicted octanol–water partition coefficient (Wildman–Crippen LogP) is 2.54. The summed E-state index contributed by atoms with van der Waals surface area (Å²) in [6, 6.07) is 15.8. The van der Waals surface area contributed by atoms with E-state index in [4.69, 9.17) is 0 Å². The minimum absolute atomic E-state index is 0.0435. The molecule has 1 atom stereocenters. The van der Waals surface area contributed by atoms with Gasteiger partial charge in [-0.15, -0.1) is 0 Å². The maximum Gasteiger partial charge on any atom is 0.264 e. The SMILES string of the molecule is O=C(NS(=O)(=O)CC1CC1)c1ccc2c(c1)C(Cc1ccccc1)NC2. The molecule has 0 radical (unpaired) electrons. The highest BCUT2D eigenvalue weighted by Crippen LogP contribution is 2.31. The first-order valence-corrected chi connectivity index (χ1v) is 10.6. The summed E-state index contributed by atoms with van der Waals surface area (Å²) in [5.41, 5.74) is 3.84. The van der Waals surface area contributed by atoms with Gasteiger partial charge in [0, 0.05) is 18.2 Å². The lowest BCUT2D eigenvalue weighted by molar-refractivity contribution is 0.0981. The van der Waals surface area contributed by atoms with Crippen molar-refractivity contribution in [1.82, 2.24) is 10.0 Å². The minimum atomic E-state index is -3.56. The smallest absolute Gasteiger partial charge is 0.264 e. The quantitative estimate of drug-likeness (QED) is 0.819. The lowest BCUT2D eigenvalue weighted by atomic mass is 9.97. The van der Waals surface area contributed by atoms with E-state index < -0.39 is 15.9 Å². The summed E-state index contributed by atoms with van der Waals surface area (Å²) in [6.45, 7) is 0.759. The molecule has 0 saturated heterocycles. The topological polar surface area (TPSA) is 75.3 Å². The van der Waals surface area contributed by atoms with E-state index in [1.54, 1.807) is 6.07 Å². The van der Waals surface area contributed by atoms with E-state index in [0.717, 1.165) is 36.9 Å². The zero-order valence-corrected chi connectivity index (χ0v) is 15.3. The number of hydrogen-bond acceptors (Lipinski definition) is 4. The van der Waals surface area contributed by atoms with E-state index in [2.05, 4.69) is 22.2 Å². The number of sulfonamides is 1. The third kappa shape index (κ3) is 3.97. The van der Waals surface area contributed by atoms with Gasteiger partial charge in [0.25, 0.3) is 5.91 Å². The molecule has 2 aliphatic rings. The van der Waals surface area contributed by atoms with Crippen LogP contribution in [0.2, 0.25) is 0 Å². The molecule has 0 aromatic heterocycles. The van der Waals surface area contributed by atoms with Gasteiger partial charge in [0.05, 0.1) is 5.75 Å². The van der Waals surface area contributed by atoms with Crippen molar-refractivity contribution in [2.24, 2.45) is 5.92 Å². The predicted molar refractivity (Wildman–Crippen MR) is 100 cm³/mol. The third-order valence-electron chi connectivity index (χ3n) is 5.01. The monoisotopic (exact) mass is 370 g/mol. The normalized spacial score (nSPS) is 19.2. The minimum Gasteiger partial charge on any atom is -0.306 e.